The summed E-state index contributed by atoms with van der Waals surface area (Å²) in [6.07, 6.45) is 3.30. The van der Waals surface area contributed by atoms with E-state index in [1.807, 2.05) is 0 Å². The third-order valence-electron chi connectivity index (χ3n) is 0.684. The Hall–Kier alpha value is -0.785. The first kappa shape index (κ1) is 4.38. The number of hydrogen-bond acceptors (Lipinski definition) is 1. The van der Waals surface area contributed by atoms with Crippen LogP contribution in [0.2, 0.25) is 0 Å². The Labute approximate surface area is 43.8 Å². The number of aromatic nitrogens is 1. The molecule has 0 aliphatic heterocycles. The molecule has 0 saturated carbocycles. The molecule has 7 heavy (non-hydrogen) atoms. The fourth-order valence-electron chi connectivity index (χ4n) is 0.376. The molecule has 0 aliphatic carbocycles. The van der Waals surface area contributed by atoms with Crippen LogP contribution in [0.5, 0.6) is 0 Å². The molecule has 0 saturated heterocycles. The SMILES string of the molecule is [B]c1cccnc1. The lowest BCUT2D eigenvalue weighted by molar-refractivity contribution is 1.35. The van der Waals surface area contributed by atoms with Crippen LogP contribution in [0.1, 0.15) is 0 Å². The van der Waals surface area contributed by atoms with Crippen molar-refractivity contribution in [3.63, 3.8) is 0 Å². The summed E-state index contributed by atoms with van der Waals surface area (Å²) in [6.45, 7) is 0. The molecule has 1 rings (SSSR count). The first-order valence-corrected chi connectivity index (χ1v) is 2.05. The molecule has 1 nitrogen and oxygen atoms in total. The van der Waals surface area contributed by atoms with Crippen molar-refractivity contribution in [1.29, 1.82) is 0 Å². The van der Waals surface area contributed by atoms with Crippen molar-refractivity contribution < 1.29 is 0 Å². The summed E-state index contributed by atoms with van der Waals surface area (Å²) in [5.41, 5.74) is 0.711. The Morgan fingerprint density at radius 1 is 1.57 bits per heavy atom. The quantitative estimate of drug-likeness (QED) is 0.403. The molecule has 0 N–H and O–H groups in total. The van der Waals surface area contributed by atoms with Crippen LogP contribution in [0.4, 0.5) is 0 Å². The van der Waals surface area contributed by atoms with Crippen molar-refractivity contribution in [2.75, 3.05) is 0 Å². The third-order valence-corrected chi connectivity index (χ3v) is 0.684. The molecule has 1 heterocycles. The first-order valence-electron chi connectivity index (χ1n) is 2.05. The van der Waals surface area contributed by atoms with Gasteiger partial charge in [0.1, 0.15) is 7.85 Å². The number of pyridine rings is 1. The topological polar surface area (TPSA) is 12.9 Å². The second-order valence-corrected chi connectivity index (χ2v) is 1.29. The monoisotopic (exact) mass is 89.0 g/mol. The van der Waals surface area contributed by atoms with E-state index in [-0.39, 0.29) is 0 Å². The Kier molecular flexibility index (Phi) is 1.11. The highest BCUT2D eigenvalue weighted by Crippen LogP contribution is 1.70. The van der Waals surface area contributed by atoms with Gasteiger partial charge in [0.25, 0.3) is 0 Å². The van der Waals surface area contributed by atoms with E-state index in [4.69, 9.17) is 7.85 Å². The van der Waals surface area contributed by atoms with E-state index >= 15 is 0 Å². The molecule has 32 valence electrons. The van der Waals surface area contributed by atoms with E-state index in [0.717, 1.165) is 0 Å². The van der Waals surface area contributed by atoms with Crippen molar-refractivity contribution in [1.82, 2.24) is 4.98 Å². The predicted molar refractivity (Wildman–Crippen MR) is 29.6 cm³/mol. The summed E-state index contributed by atoms with van der Waals surface area (Å²) in [6, 6.07) is 3.60. The maximum absolute atomic E-state index is 5.30. The molecule has 2 heteroatoms. The summed E-state index contributed by atoms with van der Waals surface area (Å²) in [7, 11) is 5.30. The van der Waals surface area contributed by atoms with Crippen LogP contribution >= 0.6 is 0 Å². The first-order chi connectivity index (χ1) is 3.39. The molecule has 0 aromatic carbocycles. The fourth-order valence-corrected chi connectivity index (χ4v) is 0.376. The van der Waals surface area contributed by atoms with Crippen LogP contribution in [0.15, 0.2) is 24.5 Å². The lowest BCUT2D eigenvalue weighted by atomic mass is 10.00. The van der Waals surface area contributed by atoms with Crippen molar-refractivity contribution >= 4 is 13.3 Å². The lowest BCUT2D eigenvalue weighted by Gasteiger charge is -1.82. The molecule has 0 atom stereocenters. The number of hydrogen-bond donors (Lipinski definition) is 0. The molecular formula is C5H4BN. The second-order valence-electron chi connectivity index (χ2n) is 1.29. The molecule has 0 unspecified atom stereocenters. The molecule has 0 aliphatic rings. The van der Waals surface area contributed by atoms with Crippen molar-refractivity contribution in [3.05, 3.63) is 24.5 Å². The van der Waals surface area contributed by atoms with E-state index in [0.29, 0.717) is 5.46 Å². The zero-order valence-electron chi connectivity index (χ0n) is 3.83. The highest BCUT2D eigenvalue weighted by Gasteiger charge is 1.73. The molecule has 0 bridgehead atoms. The number of rotatable bonds is 0. The van der Waals surface area contributed by atoms with E-state index < -0.39 is 0 Å². The highest BCUT2D eigenvalue weighted by molar-refractivity contribution is 6.31. The standard InChI is InChI=1S/C5H4BN/c6-5-2-1-3-7-4-5/h1-4H. The fraction of sp³-hybridized carbons (Fsp3) is 0. The van der Waals surface area contributed by atoms with Gasteiger partial charge in [-0.1, -0.05) is 11.5 Å². The van der Waals surface area contributed by atoms with Gasteiger partial charge < -0.3 is 0 Å². The van der Waals surface area contributed by atoms with Gasteiger partial charge in [0.2, 0.25) is 0 Å². The lowest BCUT2D eigenvalue weighted by Crippen LogP contribution is -1.99. The third kappa shape index (κ3) is 1.04. The minimum Gasteiger partial charge on any atom is -0.265 e. The van der Waals surface area contributed by atoms with E-state index in [2.05, 4.69) is 4.98 Å². The van der Waals surface area contributed by atoms with Crippen molar-refractivity contribution in [3.8, 4) is 0 Å². The minimum atomic E-state index is 0.711. The Bertz CT molecular complexity index is 138. The largest absolute Gasteiger partial charge is 0.265 e. The zero-order chi connectivity index (χ0) is 5.11. The summed E-state index contributed by atoms with van der Waals surface area (Å²) >= 11 is 0. The van der Waals surface area contributed by atoms with E-state index in [9.17, 15) is 0 Å². The summed E-state index contributed by atoms with van der Waals surface area (Å²) in [4.78, 5) is 3.76. The average Bonchev–Trinajstić information content (AvgIpc) is 1.69. The van der Waals surface area contributed by atoms with Crippen molar-refractivity contribution in [2.45, 2.75) is 0 Å². The summed E-state index contributed by atoms with van der Waals surface area (Å²) < 4.78 is 0. The molecule has 1 aromatic rings. The van der Waals surface area contributed by atoms with Crippen LogP contribution < -0.4 is 5.46 Å². The Balaban J connectivity index is 3.02. The molecule has 1 aromatic heterocycles. The normalized spacial score (nSPS) is 8.57. The van der Waals surface area contributed by atoms with Crippen LogP contribution in [-0.4, -0.2) is 12.8 Å². The van der Waals surface area contributed by atoms with Gasteiger partial charge in [-0.2, -0.15) is 0 Å². The van der Waals surface area contributed by atoms with Crippen LogP contribution in [-0.2, 0) is 0 Å². The van der Waals surface area contributed by atoms with Gasteiger partial charge in [-0.3, -0.25) is 4.98 Å². The Morgan fingerprint density at radius 3 is 2.71 bits per heavy atom. The van der Waals surface area contributed by atoms with Gasteiger partial charge in [-0.25, -0.2) is 0 Å². The molecule has 2 radical (unpaired) electrons. The van der Waals surface area contributed by atoms with Gasteiger partial charge >= 0.3 is 0 Å². The highest BCUT2D eigenvalue weighted by atomic mass is 14.6. The summed E-state index contributed by atoms with van der Waals surface area (Å²) in [5.74, 6) is 0. The van der Waals surface area contributed by atoms with Gasteiger partial charge in [0, 0.05) is 12.4 Å². The predicted octanol–water partition coefficient (Wildman–Crippen LogP) is -0.125. The van der Waals surface area contributed by atoms with Crippen molar-refractivity contribution in [2.24, 2.45) is 0 Å². The van der Waals surface area contributed by atoms with Gasteiger partial charge in [0.05, 0.1) is 0 Å². The molecular weight excluding hydrogens is 84.9 g/mol. The summed E-state index contributed by atoms with van der Waals surface area (Å²) in [5, 5.41) is 0. The average molecular weight is 88.9 g/mol. The number of nitrogens with zero attached hydrogens (tertiary/aromatic N) is 1. The van der Waals surface area contributed by atoms with E-state index in [1.165, 1.54) is 0 Å². The van der Waals surface area contributed by atoms with Crippen LogP contribution in [0.3, 0.4) is 0 Å². The maximum Gasteiger partial charge on any atom is 0.115 e. The van der Waals surface area contributed by atoms with Gasteiger partial charge in [-0.05, 0) is 6.07 Å². The molecule has 0 spiro atoms. The van der Waals surface area contributed by atoms with Crippen LogP contribution in [0.25, 0.3) is 0 Å². The maximum atomic E-state index is 5.30. The second kappa shape index (κ2) is 1.78. The Morgan fingerprint density at radius 2 is 2.43 bits per heavy atom. The smallest absolute Gasteiger partial charge is 0.115 e. The molecule has 0 fully saturated rings. The molecule has 0 amide bonds. The minimum absolute atomic E-state index is 0.711. The van der Waals surface area contributed by atoms with Gasteiger partial charge in [0.15, 0.2) is 0 Å². The van der Waals surface area contributed by atoms with E-state index in [1.54, 1.807) is 24.5 Å². The van der Waals surface area contributed by atoms with Gasteiger partial charge in [-0.15, -0.1) is 0 Å². The zero-order valence-corrected chi connectivity index (χ0v) is 3.83. The van der Waals surface area contributed by atoms with Crippen LogP contribution in [0, 0.1) is 0 Å².